The van der Waals surface area contributed by atoms with Gasteiger partial charge in [-0.25, -0.2) is 9.97 Å². The lowest BCUT2D eigenvalue weighted by molar-refractivity contribution is 0.354. The molecule has 0 saturated carbocycles. The second-order valence-corrected chi connectivity index (χ2v) is 18.2. The summed E-state index contributed by atoms with van der Waals surface area (Å²) >= 11 is 0. The molecule has 3 aromatic heterocycles. The standard InChI is InChI=1S/C13H23N.2C12H22N2.CH4/c1-10-8-11(12(2,3)4)14(9-10)13(5,6)7;2*1-9-8-14(12(5,6)7)10(13-9)11(2,3)4;/h8-9H,1-7H3;2*8H,1-7H3;1H4. The fraction of sp³-hybridized carbons (Fsp3) is 0.737. The molecule has 3 aromatic rings. The van der Waals surface area contributed by atoms with Crippen LogP contribution in [-0.4, -0.2) is 23.7 Å². The number of hydrogen-bond acceptors (Lipinski definition) is 2. The van der Waals surface area contributed by atoms with Gasteiger partial charge in [0.1, 0.15) is 11.6 Å². The van der Waals surface area contributed by atoms with Crippen molar-refractivity contribution in [3.05, 3.63) is 59.0 Å². The Morgan fingerprint density at radius 2 is 0.744 bits per heavy atom. The lowest BCUT2D eigenvalue weighted by atomic mass is 9.90. The summed E-state index contributed by atoms with van der Waals surface area (Å²) in [6.07, 6.45) is 6.53. The summed E-state index contributed by atoms with van der Waals surface area (Å²) in [6.45, 7) is 46.3. The molecule has 0 fully saturated rings. The molecule has 248 valence electrons. The highest BCUT2D eigenvalue weighted by Gasteiger charge is 2.27. The number of aromatic nitrogens is 5. The van der Waals surface area contributed by atoms with E-state index in [1.54, 1.807) is 0 Å². The Morgan fingerprint density at radius 1 is 0.442 bits per heavy atom. The van der Waals surface area contributed by atoms with Crippen LogP contribution in [0.3, 0.4) is 0 Å². The Morgan fingerprint density at radius 3 is 0.930 bits per heavy atom. The van der Waals surface area contributed by atoms with Crippen molar-refractivity contribution in [3.63, 3.8) is 0 Å². The maximum Gasteiger partial charge on any atom is 0.114 e. The maximum atomic E-state index is 4.61. The van der Waals surface area contributed by atoms with E-state index in [1.165, 1.54) is 22.9 Å². The van der Waals surface area contributed by atoms with Crippen LogP contribution >= 0.6 is 0 Å². The van der Waals surface area contributed by atoms with Crippen LogP contribution in [0.15, 0.2) is 24.7 Å². The van der Waals surface area contributed by atoms with Crippen molar-refractivity contribution in [1.29, 1.82) is 0 Å². The molecule has 0 saturated heterocycles. The molecule has 0 atom stereocenters. The van der Waals surface area contributed by atoms with Gasteiger partial charge in [0.05, 0.1) is 11.4 Å². The molecule has 5 heteroatoms. The van der Waals surface area contributed by atoms with Crippen LogP contribution in [0.25, 0.3) is 0 Å². The first-order valence-electron chi connectivity index (χ1n) is 15.7. The number of imidazole rings is 2. The maximum absolute atomic E-state index is 4.61. The minimum atomic E-state index is 0. The Labute approximate surface area is 267 Å². The molecule has 0 unspecified atom stereocenters. The molecule has 43 heavy (non-hydrogen) atoms. The average molecular weight is 598 g/mol. The highest BCUT2D eigenvalue weighted by atomic mass is 15.1. The number of hydrogen-bond donors (Lipinski definition) is 0. The SMILES string of the molecule is C.Cc1cc(C(C)(C)C)n(C(C)(C)C)c1.Cc1cn(C(C)(C)C)c(C(C)(C)C)n1.Cc1cn(C(C)(C)C)c(C(C)(C)C)n1. The Hall–Kier alpha value is -2.30. The molecule has 3 rings (SSSR count). The topological polar surface area (TPSA) is 40.6 Å². The van der Waals surface area contributed by atoms with Crippen LogP contribution < -0.4 is 0 Å². The minimum absolute atomic E-state index is 0. The molecule has 0 spiro atoms. The number of rotatable bonds is 0. The van der Waals surface area contributed by atoms with Gasteiger partial charge in [0, 0.05) is 57.1 Å². The first-order valence-corrected chi connectivity index (χ1v) is 15.7. The van der Waals surface area contributed by atoms with Crippen molar-refractivity contribution in [2.75, 3.05) is 0 Å². The van der Waals surface area contributed by atoms with E-state index in [-0.39, 0.29) is 40.3 Å². The van der Waals surface area contributed by atoms with Crippen LogP contribution in [0.1, 0.15) is 166 Å². The van der Waals surface area contributed by atoms with Crippen molar-refractivity contribution in [2.24, 2.45) is 0 Å². The number of nitrogens with zero attached hydrogens (tertiary/aromatic N) is 5. The molecule has 0 aromatic carbocycles. The smallest absolute Gasteiger partial charge is 0.114 e. The average Bonchev–Trinajstić information content (AvgIpc) is 3.42. The third-order valence-corrected chi connectivity index (χ3v) is 6.89. The van der Waals surface area contributed by atoms with Crippen LogP contribution in [0.4, 0.5) is 0 Å². The predicted octanol–water partition coefficient (Wildman–Crippen LogP) is 11.0. The summed E-state index contributed by atoms with van der Waals surface area (Å²) in [5.74, 6) is 2.34. The summed E-state index contributed by atoms with van der Waals surface area (Å²) < 4.78 is 6.95. The molecule has 0 bridgehead atoms. The Kier molecular flexibility index (Phi) is 12.6. The highest BCUT2D eigenvalue weighted by molar-refractivity contribution is 5.25. The predicted molar refractivity (Wildman–Crippen MR) is 191 cm³/mol. The molecule has 5 nitrogen and oxygen atoms in total. The van der Waals surface area contributed by atoms with Gasteiger partial charge in [-0.15, -0.1) is 0 Å². The molecule has 3 heterocycles. The largest absolute Gasteiger partial charge is 0.345 e. The lowest BCUT2D eigenvalue weighted by Crippen LogP contribution is -2.29. The fourth-order valence-corrected chi connectivity index (χ4v) is 4.80. The molecule has 0 aliphatic heterocycles. The van der Waals surface area contributed by atoms with Crippen molar-refractivity contribution in [1.82, 2.24) is 23.7 Å². The van der Waals surface area contributed by atoms with Gasteiger partial charge in [0.2, 0.25) is 0 Å². The van der Waals surface area contributed by atoms with Gasteiger partial charge in [-0.1, -0.05) is 69.7 Å². The van der Waals surface area contributed by atoms with Crippen LogP contribution in [-0.2, 0) is 32.9 Å². The lowest BCUT2D eigenvalue weighted by Gasteiger charge is -2.30. The van der Waals surface area contributed by atoms with Gasteiger partial charge in [-0.3, -0.25) is 0 Å². The molecule has 0 aliphatic rings. The van der Waals surface area contributed by atoms with Crippen molar-refractivity contribution < 1.29 is 0 Å². The van der Waals surface area contributed by atoms with Crippen LogP contribution in [0.2, 0.25) is 0 Å². The first kappa shape index (κ1) is 40.7. The second kappa shape index (κ2) is 13.4. The molecule has 0 amide bonds. The van der Waals surface area contributed by atoms with E-state index in [0.29, 0.717) is 0 Å². The van der Waals surface area contributed by atoms with E-state index in [1.807, 2.05) is 0 Å². The van der Waals surface area contributed by atoms with Gasteiger partial charge < -0.3 is 13.7 Å². The third-order valence-electron chi connectivity index (χ3n) is 6.89. The third kappa shape index (κ3) is 11.6. The van der Waals surface area contributed by atoms with Crippen molar-refractivity contribution in [2.45, 2.75) is 186 Å². The number of aryl methyl sites for hydroxylation is 3. The minimum Gasteiger partial charge on any atom is -0.345 e. The molecular formula is C38H71N5. The molecular weight excluding hydrogens is 526 g/mol. The van der Waals surface area contributed by atoms with Crippen molar-refractivity contribution in [3.8, 4) is 0 Å². The van der Waals surface area contributed by atoms with E-state index in [2.05, 4.69) is 194 Å². The summed E-state index contributed by atoms with van der Waals surface area (Å²) in [7, 11) is 0. The monoisotopic (exact) mass is 598 g/mol. The first-order chi connectivity index (χ1) is 18.4. The van der Waals surface area contributed by atoms with E-state index in [0.717, 1.165) is 11.4 Å². The second-order valence-electron chi connectivity index (χ2n) is 18.2. The normalized spacial score (nSPS) is 13.0. The van der Waals surface area contributed by atoms with Gasteiger partial charge in [-0.05, 0) is 94.7 Å². The van der Waals surface area contributed by atoms with Gasteiger partial charge >= 0.3 is 0 Å². The summed E-state index contributed by atoms with van der Waals surface area (Å²) in [4.78, 5) is 9.22. The molecule has 0 N–H and O–H groups in total. The summed E-state index contributed by atoms with van der Waals surface area (Å²) in [5, 5.41) is 0. The van der Waals surface area contributed by atoms with E-state index in [4.69, 9.17) is 0 Å². The van der Waals surface area contributed by atoms with E-state index in [9.17, 15) is 0 Å². The van der Waals surface area contributed by atoms with E-state index < -0.39 is 0 Å². The molecule has 0 radical (unpaired) electrons. The zero-order valence-corrected chi connectivity index (χ0v) is 31.5. The summed E-state index contributed by atoms with van der Waals surface area (Å²) in [6, 6.07) is 2.30. The highest BCUT2D eigenvalue weighted by Crippen LogP contribution is 2.30. The van der Waals surface area contributed by atoms with Gasteiger partial charge in [0.15, 0.2) is 0 Å². The van der Waals surface area contributed by atoms with Crippen LogP contribution in [0, 0.1) is 20.8 Å². The zero-order chi connectivity index (χ0) is 33.4. The Balaban J connectivity index is 0.000000608. The summed E-state index contributed by atoms with van der Waals surface area (Å²) in [5.41, 5.74) is 5.83. The molecule has 0 aliphatic carbocycles. The van der Waals surface area contributed by atoms with Crippen molar-refractivity contribution >= 4 is 0 Å². The van der Waals surface area contributed by atoms with Gasteiger partial charge in [-0.2, -0.15) is 0 Å². The van der Waals surface area contributed by atoms with E-state index >= 15 is 0 Å². The van der Waals surface area contributed by atoms with Crippen LogP contribution in [0.5, 0.6) is 0 Å². The quantitative estimate of drug-likeness (QED) is 0.259. The van der Waals surface area contributed by atoms with Gasteiger partial charge in [0.25, 0.3) is 0 Å². The Bertz CT molecular complexity index is 1030. The fourth-order valence-electron chi connectivity index (χ4n) is 4.80. The zero-order valence-electron chi connectivity index (χ0n) is 31.5.